The lowest BCUT2D eigenvalue weighted by Gasteiger charge is -2.15. The molecule has 4 rings (SSSR count). The molecule has 0 saturated heterocycles. The van der Waals surface area contributed by atoms with Gasteiger partial charge in [-0.2, -0.15) is 10.4 Å². The van der Waals surface area contributed by atoms with Gasteiger partial charge in [-0.15, -0.1) is 0 Å². The summed E-state index contributed by atoms with van der Waals surface area (Å²) in [4.78, 5) is 22.1. The molecule has 164 valence electrons. The van der Waals surface area contributed by atoms with Gasteiger partial charge in [0.05, 0.1) is 29.1 Å². The molecule has 0 fully saturated rings. The van der Waals surface area contributed by atoms with Gasteiger partial charge < -0.3 is 5.32 Å². The van der Waals surface area contributed by atoms with Gasteiger partial charge in [-0.05, 0) is 42.8 Å². The number of hydrogen-bond donors (Lipinski definition) is 1. The Bertz CT molecular complexity index is 1380. The number of nitrogens with zero attached hydrogens (tertiary/aromatic N) is 5. The van der Waals surface area contributed by atoms with Gasteiger partial charge in [0.15, 0.2) is 5.82 Å². The fourth-order valence-electron chi connectivity index (χ4n) is 3.25. The standard InChI is InChI=1S/C24H18ClFN6O/c1-14(16-5-8-20(26)17(9-16)11-27)29-24(33)22-10-21(15-3-6-19(25)7-4-15)30-23(31-22)18-12-28-32(2)13-18/h3-10,12-14H,1-2H3,(H,29,33). The van der Waals surface area contributed by atoms with Crippen LogP contribution in [-0.4, -0.2) is 25.7 Å². The van der Waals surface area contributed by atoms with Gasteiger partial charge in [-0.1, -0.05) is 29.8 Å². The molecule has 4 aromatic rings. The van der Waals surface area contributed by atoms with Crippen LogP contribution in [0.5, 0.6) is 0 Å². The van der Waals surface area contributed by atoms with Crippen molar-refractivity contribution in [3.05, 3.63) is 88.6 Å². The first-order valence-corrected chi connectivity index (χ1v) is 10.4. The minimum absolute atomic E-state index is 0.0838. The Morgan fingerprint density at radius 1 is 1.15 bits per heavy atom. The van der Waals surface area contributed by atoms with E-state index in [0.29, 0.717) is 27.7 Å². The van der Waals surface area contributed by atoms with Crippen LogP contribution in [0.2, 0.25) is 5.02 Å². The SMILES string of the molecule is CC(NC(=O)c1cc(-c2ccc(Cl)cc2)nc(-c2cnn(C)c2)n1)c1ccc(F)c(C#N)c1. The minimum atomic E-state index is -0.607. The molecule has 2 aromatic carbocycles. The molecule has 0 aliphatic carbocycles. The molecule has 0 aliphatic heterocycles. The molecule has 1 unspecified atom stereocenters. The van der Waals surface area contributed by atoms with Crippen molar-refractivity contribution in [1.29, 1.82) is 5.26 Å². The fourth-order valence-corrected chi connectivity index (χ4v) is 3.38. The molecule has 1 N–H and O–H groups in total. The van der Waals surface area contributed by atoms with E-state index in [9.17, 15) is 9.18 Å². The number of hydrogen-bond acceptors (Lipinski definition) is 5. The van der Waals surface area contributed by atoms with Crippen molar-refractivity contribution in [2.45, 2.75) is 13.0 Å². The van der Waals surface area contributed by atoms with Gasteiger partial charge >= 0.3 is 0 Å². The van der Waals surface area contributed by atoms with Crippen molar-refractivity contribution in [2.75, 3.05) is 0 Å². The molecular formula is C24H18ClFN6O. The largest absolute Gasteiger partial charge is 0.344 e. The van der Waals surface area contributed by atoms with Crippen molar-refractivity contribution in [3.63, 3.8) is 0 Å². The second-order valence-corrected chi connectivity index (χ2v) is 7.85. The zero-order chi connectivity index (χ0) is 23.5. The average Bonchev–Trinajstić information content (AvgIpc) is 3.25. The average molecular weight is 461 g/mol. The number of carbonyl (C=O) groups excluding carboxylic acids is 1. The second-order valence-electron chi connectivity index (χ2n) is 7.42. The highest BCUT2D eigenvalue weighted by Crippen LogP contribution is 2.24. The molecule has 0 bridgehead atoms. The number of carbonyl (C=O) groups is 1. The molecular weight excluding hydrogens is 443 g/mol. The maximum atomic E-state index is 13.7. The molecule has 2 heterocycles. The normalized spacial score (nSPS) is 11.6. The van der Waals surface area contributed by atoms with Crippen molar-refractivity contribution < 1.29 is 9.18 Å². The molecule has 2 aromatic heterocycles. The van der Waals surface area contributed by atoms with E-state index in [0.717, 1.165) is 5.56 Å². The summed E-state index contributed by atoms with van der Waals surface area (Å²) in [6.07, 6.45) is 3.38. The number of halogens is 2. The highest BCUT2D eigenvalue weighted by atomic mass is 35.5. The van der Waals surface area contributed by atoms with E-state index in [1.807, 2.05) is 18.2 Å². The van der Waals surface area contributed by atoms with Crippen LogP contribution in [0.15, 0.2) is 60.9 Å². The summed E-state index contributed by atoms with van der Waals surface area (Å²) in [5.41, 5.74) is 2.65. The van der Waals surface area contributed by atoms with Crippen molar-refractivity contribution >= 4 is 17.5 Å². The van der Waals surface area contributed by atoms with Crippen LogP contribution in [0.4, 0.5) is 4.39 Å². The van der Waals surface area contributed by atoms with E-state index in [1.54, 1.807) is 49.2 Å². The van der Waals surface area contributed by atoms with Gasteiger partial charge in [-0.25, -0.2) is 14.4 Å². The van der Waals surface area contributed by atoms with Crippen LogP contribution in [-0.2, 0) is 7.05 Å². The molecule has 1 amide bonds. The van der Waals surface area contributed by atoms with Gasteiger partial charge in [-0.3, -0.25) is 9.48 Å². The Balaban J connectivity index is 1.69. The van der Waals surface area contributed by atoms with E-state index >= 15 is 0 Å². The second kappa shape index (κ2) is 9.18. The van der Waals surface area contributed by atoms with Gasteiger partial charge in [0.1, 0.15) is 17.6 Å². The van der Waals surface area contributed by atoms with Gasteiger partial charge in [0.2, 0.25) is 0 Å². The number of aromatic nitrogens is 4. The number of benzene rings is 2. The third kappa shape index (κ3) is 4.89. The molecule has 9 heteroatoms. The summed E-state index contributed by atoms with van der Waals surface area (Å²) in [6, 6.07) is 14.2. The fraction of sp³-hybridized carbons (Fsp3) is 0.125. The smallest absolute Gasteiger partial charge is 0.270 e. The Labute approximate surface area is 194 Å². The minimum Gasteiger partial charge on any atom is -0.344 e. The van der Waals surface area contributed by atoms with Crippen LogP contribution < -0.4 is 5.32 Å². The third-order valence-corrected chi connectivity index (χ3v) is 5.27. The zero-order valence-corrected chi connectivity index (χ0v) is 18.5. The monoisotopic (exact) mass is 460 g/mol. The van der Waals surface area contributed by atoms with Crippen LogP contribution >= 0.6 is 11.6 Å². The van der Waals surface area contributed by atoms with E-state index in [1.165, 1.54) is 18.2 Å². The van der Waals surface area contributed by atoms with Crippen molar-refractivity contribution in [1.82, 2.24) is 25.1 Å². The Kier molecular flexibility index (Phi) is 6.16. The first kappa shape index (κ1) is 22.1. The predicted octanol–water partition coefficient (Wildman–Crippen LogP) is 4.70. The molecule has 1 atom stereocenters. The lowest BCUT2D eigenvalue weighted by atomic mass is 10.0. The first-order chi connectivity index (χ1) is 15.8. The van der Waals surface area contributed by atoms with Crippen molar-refractivity contribution in [2.24, 2.45) is 7.05 Å². The third-order valence-electron chi connectivity index (χ3n) is 5.02. The molecule has 7 nitrogen and oxygen atoms in total. The molecule has 0 radical (unpaired) electrons. The summed E-state index contributed by atoms with van der Waals surface area (Å²) in [5.74, 6) is -0.695. The van der Waals surface area contributed by atoms with E-state index in [2.05, 4.69) is 20.4 Å². The van der Waals surface area contributed by atoms with E-state index in [-0.39, 0.29) is 11.3 Å². The quantitative estimate of drug-likeness (QED) is 0.465. The Morgan fingerprint density at radius 2 is 1.91 bits per heavy atom. The summed E-state index contributed by atoms with van der Waals surface area (Å²) in [7, 11) is 1.78. The predicted molar refractivity (Wildman–Crippen MR) is 122 cm³/mol. The maximum Gasteiger partial charge on any atom is 0.270 e. The molecule has 0 aliphatic rings. The summed E-state index contributed by atoms with van der Waals surface area (Å²) < 4.78 is 15.3. The number of rotatable bonds is 5. The zero-order valence-electron chi connectivity index (χ0n) is 17.8. The van der Waals surface area contributed by atoms with E-state index < -0.39 is 17.8 Å². The number of aryl methyl sites for hydroxylation is 1. The topological polar surface area (TPSA) is 96.5 Å². The highest BCUT2D eigenvalue weighted by Gasteiger charge is 2.18. The summed E-state index contributed by atoms with van der Waals surface area (Å²) in [5, 5.41) is 16.7. The Morgan fingerprint density at radius 3 is 2.58 bits per heavy atom. The molecule has 33 heavy (non-hydrogen) atoms. The Hall–Kier alpha value is -4.09. The maximum absolute atomic E-state index is 13.7. The lowest BCUT2D eigenvalue weighted by molar-refractivity contribution is 0.0935. The number of amides is 1. The van der Waals surface area contributed by atoms with Crippen LogP contribution in [0.1, 0.15) is 34.6 Å². The number of nitriles is 1. The van der Waals surface area contributed by atoms with Gasteiger partial charge in [0.25, 0.3) is 5.91 Å². The molecule has 0 spiro atoms. The van der Waals surface area contributed by atoms with E-state index in [4.69, 9.17) is 16.9 Å². The van der Waals surface area contributed by atoms with Gasteiger partial charge in [0, 0.05) is 23.8 Å². The lowest BCUT2D eigenvalue weighted by Crippen LogP contribution is -2.28. The van der Waals surface area contributed by atoms with Crippen molar-refractivity contribution in [3.8, 4) is 28.7 Å². The summed E-state index contributed by atoms with van der Waals surface area (Å²) >= 11 is 6.01. The molecule has 0 saturated carbocycles. The van der Waals surface area contributed by atoms with Crippen LogP contribution in [0.25, 0.3) is 22.6 Å². The first-order valence-electron chi connectivity index (χ1n) is 9.98. The van der Waals surface area contributed by atoms with Crippen LogP contribution in [0, 0.1) is 17.1 Å². The highest BCUT2D eigenvalue weighted by molar-refractivity contribution is 6.30. The van der Waals surface area contributed by atoms with Crippen LogP contribution in [0.3, 0.4) is 0 Å². The summed E-state index contributed by atoms with van der Waals surface area (Å²) in [6.45, 7) is 1.75. The number of nitrogens with one attached hydrogen (secondary N) is 1.